The van der Waals surface area contributed by atoms with Gasteiger partial charge in [0.1, 0.15) is 10.6 Å². The van der Waals surface area contributed by atoms with Crippen molar-refractivity contribution in [1.29, 1.82) is 0 Å². The molecule has 1 unspecified atom stereocenters. The molecule has 0 bridgehead atoms. The lowest BCUT2D eigenvalue weighted by atomic mass is 9.97. The largest absolute Gasteiger partial charge is 0.493 e. The van der Waals surface area contributed by atoms with Crippen molar-refractivity contribution in [3.8, 4) is 11.5 Å². The molecule has 0 spiro atoms. The van der Waals surface area contributed by atoms with Gasteiger partial charge in [-0.05, 0) is 67.1 Å². The van der Waals surface area contributed by atoms with Gasteiger partial charge >= 0.3 is 0 Å². The summed E-state index contributed by atoms with van der Waals surface area (Å²) in [5.41, 5.74) is 3.10. The molecule has 5 rings (SSSR count). The van der Waals surface area contributed by atoms with Crippen molar-refractivity contribution < 1.29 is 18.7 Å². The van der Waals surface area contributed by atoms with E-state index in [0.717, 1.165) is 35.4 Å². The minimum atomic E-state index is -0.756. The quantitative estimate of drug-likeness (QED) is 0.224. The topological polar surface area (TPSA) is 94.8 Å². The van der Waals surface area contributed by atoms with Crippen LogP contribution in [0.5, 0.6) is 11.5 Å². The van der Waals surface area contributed by atoms with Gasteiger partial charge < -0.3 is 13.9 Å². The number of anilines is 1. The molecule has 1 aliphatic rings. The highest BCUT2D eigenvalue weighted by molar-refractivity contribution is 7.15. The van der Waals surface area contributed by atoms with Crippen molar-refractivity contribution in [2.45, 2.75) is 59.9 Å². The summed E-state index contributed by atoms with van der Waals surface area (Å²) in [7, 11) is 1.58. The third kappa shape index (κ3) is 4.91. The second kappa shape index (κ2) is 10.8. The number of unbranched alkanes of at least 4 members (excludes halogenated alkanes) is 1. The number of aromatic nitrogens is 2. The fourth-order valence-corrected chi connectivity index (χ4v) is 5.89. The van der Waals surface area contributed by atoms with Gasteiger partial charge in [-0.1, -0.05) is 44.6 Å². The van der Waals surface area contributed by atoms with Crippen LogP contribution in [-0.2, 0) is 6.42 Å². The molecule has 0 aliphatic carbocycles. The van der Waals surface area contributed by atoms with E-state index in [4.69, 9.17) is 13.9 Å². The molecule has 3 heterocycles. The van der Waals surface area contributed by atoms with E-state index >= 15 is 0 Å². The molecule has 8 nitrogen and oxygen atoms in total. The molecular formula is C30H33N3O5S. The molecule has 1 atom stereocenters. The van der Waals surface area contributed by atoms with Gasteiger partial charge in [0.05, 0.1) is 30.7 Å². The van der Waals surface area contributed by atoms with Crippen molar-refractivity contribution in [3.05, 3.63) is 73.6 Å². The summed E-state index contributed by atoms with van der Waals surface area (Å²) in [6.07, 6.45) is 2.68. The number of hydrogen-bond donors (Lipinski definition) is 0. The molecule has 0 saturated heterocycles. The van der Waals surface area contributed by atoms with E-state index < -0.39 is 11.9 Å². The summed E-state index contributed by atoms with van der Waals surface area (Å²) in [5.74, 6) is 1.14. The zero-order chi connectivity index (χ0) is 27.8. The molecule has 0 N–H and O–H groups in total. The predicted molar refractivity (Wildman–Crippen MR) is 152 cm³/mol. The van der Waals surface area contributed by atoms with Crippen LogP contribution in [0, 0.1) is 19.8 Å². The van der Waals surface area contributed by atoms with Crippen molar-refractivity contribution in [2.75, 3.05) is 18.6 Å². The van der Waals surface area contributed by atoms with Crippen LogP contribution in [0.2, 0.25) is 0 Å². The molecule has 39 heavy (non-hydrogen) atoms. The number of fused-ring (bicyclic) bond motifs is 2. The summed E-state index contributed by atoms with van der Waals surface area (Å²) < 4.78 is 17.7. The third-order valence-corrected chi connectivity index (χ3v) is 7.94. The summed E-state index contributed by atoms with van der Waals surface area (Å²) in [4.78, 5) is 29.5. The summed E-state index contributed by atoms with van der Waals surface area (Å²) in [6, 6.07) is 8.40. The van der Waals surface area contributed by atoms with Gasteiger partial charge in [-0.15, -0.1) is 10.2 Å². The van der Waals surface area contributed by atoms with Crippen LogP contribution in [0.25, 0.3) is 11.0 Å². The first-order chi connectivity index (χ1) is 18.7. The predicted octanol–water partition coefficient (Wildman–Crippen LogP) is 6.40. The molecule has 204 valence electrons. The van der Waals surface area contributed by atoms with Crippen molar-refractivity contribution >= 4 is 33.3 Å². The van der Waals surface area contributed by atoms with E-state index in [0.29, 0.717) is 45.7 Å². The lowest BCUT2D eigenvalue weighted by molar-refractivity contribution is 0.0970. The lowest BCUT2D eigenvalue weighted by Gasteiger charge is -2.23. The standard InChI is InChI=1S/C30H33N3O5S/c1-7-8-11-37-21-10-9-19(15-23(21)36-6)26-25-27(34)20-13-17(4)18(5)14-22(20)38-28(25)29(35)33(26)30-32-31-24(39-30)12-16(2)3/h9-10,13-16,26H,7-8,11-12H2,1-6H3. The molecule has 1 amide bonds. The molecule has 9 heteroatoms. The van der Waals surface area contributed by atoms with Crippen LogP contribution in [0.3, 0.4) is 0 Å². The molecule has 1 aliphatic heterocycles. The Balaban J connectivity index is 1.70. The Morgan fingerprint density at radius 2 is 1.85 bits per heavy atom. The highest BCUT2D eigenvalue weighted by Gasteiger charge is 2.45. The number of benzene rings is 2. The highest BCUT2D eigenvalue weighted by Crippen LogP contribution is 2.44. The maximum absolute atomic E-state index is 14.0. The van der Waals surface area contributed by atoms with E-state index in [1.165, 1.54) is 16.2 Å². The number of methoxy groups -OCH3 is 1. The Morgan fingerprint density at radius 1 is 1.08 bits per heavy atom. The van der Waals surface area contributed by atoms with E-state index in [-0.39, 0.29) is 16.8 Å². The van der Waals surface area contributed by atoms with Crippen molar-refractivity contribution in [2.24, 2.45) is 5.92 Å². The van der Waals surface area contributed by atoms with E-state index in [9.17, 15) is 9.59 Å². The molecule has 0 saturated carbocycles. The van der Waals surface area contributed by atoms with Crippen LogP contribution in [-0.4, -0.2) is 29.8 Å². The first kappa shape index (κ1) is 26.9. The maximum Gasteiger partial charge on any atom is 0.297 e. The van der Waals surface area contributed by atoms with Gasteiger partial charge in [0.15, 0.2) is 16.9 Å². The average Bonchev–Trinajstić information content (AvgIpc) is 3.47. The number of hydrogen-bond acceptors (Lipinski definition) is 8. The number of nitrogens with zero attached hydrogens (tertiary/aromatic N) is 3. The SMILES string of the molecule is CCCCOc1ccc(C2c3c(oc4cc(C)c(C)cc4c3=O)C(=O)N2c2nnc(CC(C)C)s2)cc1OC. The van der Waals surface area contributed by atoms with Crippen LogP contribution in [0.1, 0.15) is 77.5 Å². The minimum Gasteiger partial charge on any atom is -0.493 e. The second-order valence-electron chi connectivity index (χ2n) is 10.4. The van der Waals surface area contributed by atoms with Crippen LogP contribution < -0.4 is 19.8 Å². The normalized spacial score (nSPS) is 14.9. The third-order valence-electron chi connectivity index (χ3n) is 6.99. The van der Waals surface area contributed by atoms with Crippen LogP contribution in [0.4, 0.5) is 5.13 Å². The zero-order valence-corrected chi connectivity index (χ0v) is 24.0. The zero-order valence-electron chi connectivity index (χ0n) is 23.2. The molecule has 2 aromatic carbocycles. The van der Waals surface area contributed by atoms with Gasteiger partial charge in [-0.25, -0.2) is 0 Å². The van der Waals surface area contributed by atoms with Crippen LogP contribution in [0.15, 0.2) is 39.5 Å². The molecule has 0 fully saturated rings. The number of carbonyl (C=O) groups is 1. The van der Waals surface area contributed by atoms with Gasteiger partial charge in [-0.3, -0.25) is 14.5 Å². The maximum atomic E-state index is 14.0. The fourth-order valence-electron chi connectivity index (χ4n) is 4.81. The van der Waals surface area contributed by atoms with Gasteiger partial charge in [0.2, 0.25) is 10.9 Å². The lowest BCUT2D eigenvalue weighted by Crippen LogP contribution is -2.29. The highest BCUT2D eigenvalue weighted by atomic mass is 32.1. The molecule has 2 aromatic heterocycles. The molecular weight excluding hydrogens is 514 g/mol. The van der Waals surface area contributed by atoms with E-state index in [1.807, 2.05) is 44.2 Å². The summed E-state index contributed by atoms with van der Waals surface area (Å²) in [6.45, 7) is 10.8. The Labute approximate surface area is 231 Å². The first-order valence-corrected chi connectivity index (χ1v) is 14.1. The van der Waals surface area contributed by atoms with Gasteiger partial charge in [-0.2, -0.15) is 0 Å². The van der Waals surface area contributed by atoms with Crippen molar-refractivity contribution in [3.63, 3.8) is 0 Å². The number of aryl methyl sites for hydroxylation is 2. The Bertz CT molecular complexity index is 1610. The van der Waals surface area contributed by atoms with E-state index in [2.05, 4.69) is 31.0 Å². The number of ether oxygens (including phenoxy) is 2. The van der Waals surface area contributed by atoms with Gasteiger partial charge in [0.25, 0.3) is 5.91 Å². The Kier molecular flexibility index (Phi) is 7.44. The Hall–Kier alpha value is -3.72. The summed E-state index contributed by atoms with van der Waals surface area (Å²) in [5, 5.41) is 10.4. The van der Waals surface area contributed by atoms with Crippen molar-refractivity contribution in [1.82, 2.24) is 10.2 Å². The number of amides is 1. The summed E-state index contributed by atoms with van der Waals surface area (Å²) >= 11 is 1.36. The fraction of sp³-hybridized carbons (Fsp3) is 0.400. The molecule has 0 radical (unpaired) electrons. The first-order valence-electron chi connectivity index (χ1n) is 13.3. The monoisotopic (exact) mass is 547 g/mol. The molecule has 4 aromatic rings. The van der Waals surface area contributed by atoms with Gasteiger partial charge in [0, 0.05) is 6.42 Å². The van der Waals surface area contributed by atoms with E-state index in [1.54, 1.807) is 7.11 Å². The average molecular weight is 548 g/mol. The Morgan fingerprint density at radius 3 is 2.56 bits per heavy atom. The minimum absolute atomic E-state index is 0.0311. The second-order valence-corrected chi connectivity index (χ2v) is 11.4. The smallest absolute Gasteiger partial charge is 0.297 e. The number of rotatable bonds is 9. The number of carbonyl (C=O) groups excluding carboxylic acids is 1. The van der Waals surface area contributed by atoms with Crippen LogP contribution >= 0.6 is 11.3 Å².